The van der Waals surface area contributed by atoms with Crippen molar-refractivity contribution in [2.75, 3.05) is 5.32 Å². The van der Waals surface area contributed by atoms with Crippen LogP contribution < -0.4 is 5.32 Å². The second-order valence-corrected chi connectivity index (χ2v) is 5.19. The summed E-state index contributed by atoms with van der Waals surface area (Å²) in [7, 11) is 0. The number of nitrogens with one attached hydrogen (secondary N) is 1. The molecule has 1 aromatic carbocycles. The van der Waals surface area contributed by atoms with Crippen molar-refractivity contribution in [2.24, 2.45) is 0 Å². The fourth-order valence-electron chi connectivity index (χ4n) is 0.969. The van der Waals surface area contributed by atoms with Crippen molar-refractivity contribution >= 4 is 49.1 Å². The lowest BCUT2D eigenvalue weighted by molar-refractivity contribution is 0.897. The molecule has 72 valence electrons. The lowest BCUT2D eigenvalue weighted by Gasteiger charge is -2.14. The molecule has 1 nitrogen and oxygen atoms in total. The van der Waals surface area contributed by atoms with Crippen LogP contribution in [-0.2, 0) is 0 Å². The molecule has 0 saturated carbocycles. The molecule has 4 heteroatoms. The van der Waals surface area contributed by atoms with Gasteiger partial charge in [0.15, 0.2) is 0 Å². The van der Waals surface area contributed by atoms with Crippen LogP contribution in [0.2, 0.25) is 5.02 Å². The Labute approximate surface area is 100 Å². The Hall–Kier alpha value is 0.270. The van der Waals surface area contributed by atoms with E-state index in [0.29, 0.717) is 11.1 Å². The minimum absolute atomic E-state index is 0.397. The zero-order chi connectivity index (χ0) is 10.0. The third-order valence-electron chi connectivity index (χ3n) is 1.44. The highest BCUT2D eigenvalue weighted by molar-refractivity contribution is 9.11. The molecule has 1 N–H and O–H groups in total. The molecule has 0 heterocycles. The van der Waals surface area contributed by atoms with E-state index >= 15 is 0 Å². The first-order chi connectivity index (χ1) is 6.00. The Morgan fingerprint density at radius 3 is 2.08 bits per heavy atom. The summed E-state index contributed by atoms with van der Waals surface area (Å²) >= 11 is 12.8. The molecule has 13 heavy (non-hydrogen) atoms. The molecule has 0 aliphatic carbocycles. The first-order valence-electron chi connectivity index (χ1n) is 3.92. The zero-order valence-corrected chi connectivity index (χ0v) is 11.3. The monoisotopic (exact) mass is 325 g/mol. The first kappa shape index (κ1) is 11.3. The summed E-state index contributed by atoms with van der Waals surface area (Å²) in [4.78, 5) is 0. The zero-order valence-electron chi connectivity index (χ0n) is 7.37. The summed E-state index contributed by atoms with van der Waals surface area (Å²) in [5, 5.41) is 4.03. The largest absolute Gasteiger partial charge is 0.381 e. The Bertz CT molecular complexity index is 289. The van der Waals surface area contributed by atoms with E-state index < -0.39 is 0 Å². The molecule has 0 aliphatic heterocycles. The van der Waals surface area contributed by atoms with Crippen molar-refractivity contribution < 1.29 is 0 Å². The maximum Gasteiger partial charge on any atom is 0.0632 e. The van der Waals surface area contributed by atoms with Crippen LogP contribution >= 0.6 is 43.5 Å². The Kier molecular flexibility index (Phi) is 4.07. The van der Waals surface area contributed by atoms with E-state index in [1.165, 1.54) is 0 Å². The van der Waals surface area contributed by atoms with Gasteiger partial charge >= 0.3 is 0 Å². The molecule has 0 amide bonds. The lowest BCUT2D eigenvalue weighted by Crippen LogP contribution is -2.10. The second kappa shape index (κ2) is 4.67. The van der Waals surface area contributed by atoms with E-state index in [9.17, 15) is 0 Å². The standard InChI is InChI=1S/C9H10Br2ClN/c1-5(2)13-9-7(10)3-6(12)4-8(9)11/h3-5,13H,1-2H3. The number of rotatable bonds is 2. The molecule has 0 saturated heterocycles. The highest BCUT2D eigenvalue weighted by Gasteiger charge is 2.07. The molecule has 0 radical (unpaired) electrons. The van der Waals surface area contributed by atoms with Gasteiger partial charge in [-0.2, -0.15) is 0 Å². The fraction of sp³-hybridized carbons (Fsp3) is 0.333. The summed E-state index contributed by atoms with van der Waals surface area (Å²) in [6.45, 7) is 4.18. The molecular weight excluding hydrogens is 317 g/mol. The van der Waals surface area contributed by atoms with E-state index in [1.807, 2.05) is 12.1 Å². The van der Waals surface area contributed by atoms with Crippen LogP contribution in [0.25, 0.3) is 0 Å². The predicted octanol–water partition coefficient (Wildman–Crippen LogP) is 4.69. The number of hydrogen-bond donors (Lipinski definition) is 1. The SMILES string of the molecule is CC(C)Nc1c(Br)cc(Cl)cc1Br. The van der Waals surface area contributed by atoms with E-state index in [0.717, 1.165) is 14.6 Å². The highest BCUT2D eigenvalue weighted by atomic mass is 79.9. The van der Waals surface area contributed by atoms with E-state index in [2.05, 4.69) is 51.0 Å². The van der Waals surface area contributed by atoms with Crippen LogP contribution in [0.1, 0.15) is 13.8 Å². The Morgan fingerprint density at radius 2 is 1.69 bits per heavy atom. The molecule has 0 aromatic heterocycles. The van der Waals surface area contributed by atoms with Gasteiger partial charge in [-0.15, -0.1) is 0 Å². The van der Waals surface area contributed by atoms with Crippen LogP contribution in [0.4, 0.5) is 5.69 Å². The van der Waals surface area contributed by atoms with Gasteiger partial charge in [-0.25, -0.2) is 0 Å². The maximum absolute atomic E-state index is 5.87. The van der Waals surface area contributed by atoms with Crippen LogP contribution in [0.5, 0.6) is 0 Å². The summed E-state index contributed by atoms with van der Waals surface area (Å²) < 4.78 is 1.95. The molecule has 0 spiro atoms. The Balaban J connectivity index is 3.06. The molecule has 0 fully saturated rings. The van der Waals surface area contributed by atoms with Crippen LogP contribution in [0, 0.1) is 0 Å². The molecule has 0 atom stereocenters. The van der Waals surface area contributed by atoms with Gasteiger partial charge in [-0.3, -0.25) is 0 Å². The third kappa shape index (κ3) is 3.15. The highest BCUT2D eigenvalue weighted by Crippen LogP contribution is 2.34. The van der Waals surface area contributed by atoms with Gasteiger partial charge in [0.25, 0.3) is 0 Å². The van der Waals surface area contributed by atoms with Crippen LogP contribution in [-0.4, -0.2) is 6.04 Å². The van der Waals surface area contributed by atoms with E-state index in [1.54, 1.807) is 0 Å². The van der Waals surface area contributed by atoms with E-state index in [4.69, 9.17) is 11.6 Å². The average molecular weight is 327 g/mol. The quantitative estimate of drug-likeness (QED) is 0.831. The van der Waals surface area contributed by atoms with Gasteiger partial charge in [0.05, 0.1) is 5.69 Å². The van der Waals surface area contributed by atoms with Crippen molar-refractivity contribution in [1.29, 1.82) is 0 Å². The third-order valence-corrected chi connectivity index (χ3v) is 2.91. The molecule has 1 aromatic rings. The van der Waals surface area contributed by atoms with Crippen LogP contribution in [0.15, 0.2) is 21.1 Å². The van der Waals surface area contributed by atoms with Gasteiger partial charge in [0, 0.05) is 20.0 Å². The number of benzene rings is 1. The van der Waals surface area contributed by atoms with Crippen molar-refractivity contribution in [3.8, 4) is 0 Å². The summed E-state index contributed by atoms with van der Waals surface area (Å²) in [5.74, 6) is 0. The predicted molar refractivity (Wildman–Crippen MR) is 65.6 cm³/mol. The summed E-state index contributed by atoms with van der Waals surface area (Å²) in [6, 6.07) is 4.14. The number of halogens is 3. The molecule has 0 aliphatic rings. The van der Waals surface area contributed by atoms with Gasteiger partial charge in [-0.05, 0) is 57.8 Å². The summed E-state index contributed by atoms with van der Waals surface area (Å²) in [6.07, 6.45) is 0. The maximum atomic E-state index is 5.87. The fourth-order valence-corrected chi connectivity index (χ4v) is 2.87. The Morgan fingerprint density at radius 1 is 1.23 bits per heavy atom. The van der Waals surface area contributed by atoms with Crippen molar-refractivity contribution in [3.05, 3.63) is 26.1 Å². The second-order valence-electron chi connectivity index (χ2n) is 3.04. The minimum atomic E-state index is 0.397. The number of hydrogen-bond acceptors (Lipinski definition) is 1. The normalized spacial score (nSPS) is 10.6. The first-order valence-corrected chi connectivity index (χ1v) is 5.88. The lowest BCUT2D eigenvalue weighted by atomic mass is 10.3. The minimum Gasteiger partial charge on any atom is -0.381 e. The molecule has 0 unspecified atom stereocenters. The topological polar surface area (TPSA) is 12.0 Å². The van der Waals surface area contributed by atoms with Crippen molar-refractivity contribution in [2.45, 2.75) is 19.9 Å². The molecule has 0 bridgehead atoms. The van der Waals surface area contributed by atoms with Crippen molar-refractivity contribution in [3.63, 3.8) is 0 Å². The summed E-state index contributed by atoms with van der Waals surface area (Å²) in [5.41, 5.74) is 1.04. The smallest absolute Gasteiger partial charge is 0.0632 e. The van der Waals surface area contributed by atoms with Gasteiger partial charge in [-0.1, -0.05) is 11.6 Å². The molecular formula is C9H10Br2ClN. The van der Waals surface area contributed by atoms with Gasteiger partial charge < -0.3 is 5.32 Å². The molecule has 1 rings (SSSR count). The van der Waals surface area contributed by atoms with E-state index in [-0.39, 0.29) is 0 Å². The van der Waals surface area contributed by atoms with Gasteiger partial charge in [0.2, 0.25) is 0 Å². The van der Waals surface area contributed by atoms with Crippen molar-refractivity contribution in [1.82, 2.24) is 0 Å². The number of anilines is 1. The average Bonchev–Trinajstić information content (AvgIpc) is 1.96. The van der Waals surface area contributed by atoms with Crippen LogP contribution in [0.3, 0.4) is 0 Å². The van der Waals surface area contributed by atoms with Gasteiger partial charge in [0.1, 0.15) is 0 Å².